The predicted molar refractivity (Wildman–Crippen MR) is 111 cm³/mol. The first-order chi connectivity index (χ1) is 12.8. The number of methoxy groups -OCH3 is 2. The van der Waals surface area contributed by atoms with E-state index in [-0.39, 0.29) is 11.2 Å². The Hall–Kier alpha value is -1.62. The first-order valence-corrected chi connectivity index (χ1v) is 10.1. The quantitative estimate of drug-likeness (QED) is 0.534. The standard InChI is InChI=1S/C21H18Cl2O3S/c1-21(2)9-11-13(25-3)5-6-14(26-4)16(11)18(21)20-19(24)17-12(23)7-10(22)8-15(17)27-20/h5-8H,9H2,1-4H3/b20-18-. The molecule has 140 valence electrons. The van der Waals surface area contributed by atoms with Crippen LogP contribution in [0.15, 0.2) is 34.1 Å². The zero-order valence-corrected chi connectivity index (χ0v) is 17.7. The number of benzene rings is 2. The third kappa shape index (κ3) is 2.77. The van der Waals surface area contributed by atoms with Crippen LogP contribution in [0.1, 0.15) is 35.3 Å². The molecule has 0 amide bonds. The van der Waals surface area contributed by atoms with Crippen LogP contribution in [0.3, 0.4) is 0 Å². The molecule has 1 aliphatic heterocycles. The Morgan fingerprint density at radius 1 is 1.04 bits per heavy atom. The van der Waals surface area contributed by atoms with Crippen LogP contribution >= 0.6 is 35.0 Å². The van der Waals surface area contributed by atoms with Crippen molar-refractivity contribution in [1.82, 2.24) is 0 Å². The summed E-state index contributed by atoms with van der Waals surface area (Å²) in [5.41, 5.74) is 3.28. The Bertz CT molecular complexity index is 1020. The molecular formula is C21H18Cl2O3S. The van der Waals surface area contributed by atoms with Gasteiger partial charge >= 0.3 is 0 Å². The average molecular weight is 421 g/mol. The molecule has 1 aliphatic carbocycles. The van der Waals surface area contributed by atoms with Gasteiger partial charge in [-0.25, -0.2) is 0 Å². The van der Waals surface area contributed by atoms with Crippen molar-refractivity contribution in [3.05, 3.63) is 55.9 Å². The first kappa shape index (κ1) is 18.7. The second kappa shape index (κ2) is 6.47. The van der Waals surface area contributed by atoms with Crippen LogP contribution in [-0.2, 0) is 6.42 Å². The monoisotopic (exact) mass is 420 g/mol. The Morgan fingerprint density at radius 3 is 2.37 bits per heavy atom. The lowest BCUT2D eigenvalue weighted by molar-refractivity contribution is 0.104. The molecule has 0 N–H and O–H groups in total. The van der Waals surface area contributed by atoms with E-state index in [0.29, 0.717) is 20.5 Å². The summed E-state index contributed by atoms with van der Waals surface area (Å²) in [5, 5.41) is 0.912. The smallest absolute Gasteiger partial charge is 0.202 e. The molecule has 0 aromatic heterocycles. The summed E-state index contributed by atoms with van der Waals surface area (Å²) in [6, 6.07) is 7.22. The lowest BCUT2D eigenvalue weighted by Gasteiger charge is -2.22. The van der Waals surface area contributed by atoms with Gasteiger partial charge in [0.2, 0.25) is 5.78 Å². The highest BCUT2D eigenvalue weighted by Gasteiger charge is 2.44. The minimum Gasteiger partial charge on any atom is -0.496 e. The summed E-state index contributed by atoms with van der Waals surface area (Å²) in [5.74, 6) is 1.49. The summed E-state index contributed by atoms with van der Waals surface area (Å²) in [6.45, 7) is 4.28. The molecule has 0 atom stereocenters. The van der Waals surface area contributed by atoms with Crippen LogP contribution in [0.4, 0.5) is 0 Å². The molecule has 0 saturated heterocycles. The molecule has 0 fully saturated rings. The number of carbonyl (C=O) groups is 1. The fourth-order valence-corrected chi connectivity index (χ4v) is 6.08. The van der Waals surface area contributed by atoms with Gasteiger partial charge in [-0.05, 0) is 41.7 Å². The maximum Gasteiger partial charge on any atom is 0.202 e. The van der Waals surface area contributed by atoms with Crippen molar-refractivity contribution < 1.29 is 14.3 Å². The molecule has 0 bridgehead atoms. The molecule has 0 radical (unpaired) electrons. The van der Waals surface area contributed by atoms with Gasteiger partial charge < -0.3 is 9.47 Å². The van der Waals surface area contributed by atoms with E-state index in [1.165, 1.54) is 11.8 Å². The van der Waals surface area contributed by atoms with E-state index in [1.54, 1.807) is 26.4 Å². The van der Waals surface area contributed by atoms with Crippen LogP contribution in [-0.4, -0.2) is 20.0 Å². The van der Waals surface area contributed by atoms with Gasteiger partial charge in [0.05, 0.1) is 29.7 Å². The number of ketones is 1. The lowest BCUT2D eigenvalue weighted by atomic mass is 9.83. The number of fused-ring (bicyclic) bond motifs is 2. The van der Waals surface area contributed by atoms with Gasteiger partial charge in [-0.2, -0.15) is 0 Å². The van der Waals surface area contributed by atoms with Crippen LogP contribution in [0, 0.1) is 5.41 Å². The molecule has 2 aromatic carbocycles. The number of hydrogen-bond donors (Lipinski definition) is 0. The molecule has 6 heteroatoms. The van der Waals surface area contributed by atoms with Crippen molar-refractivity contribution in [3.8, 4) is 11.5 Å². The highest BCUT2D eigenvalue weighted by Crippen LogP contribution is 2.58. The molecule has 0 unspecified atom stereocenters. The number of rotatable bonds is 2. The largest absolute Gasteiger partial charge is 0.496 e. The number of thioether (sulfide) groups is 1. The minimum absolute atomic E-state index is 0.0579. The summed E-state index contributed by atoms with van der Waals surface area (Å²) in [6.07, 6.45) is 0.764. The Balaban J connectivity index is 2.01. The van der Waals surface area contributed by atoms with Gasteiger partial charge in [-0.3, -0.25) is 4.79 Å². The van der Waals surface area contributed by atoms with Gasteiger partial charge in [0, 0.05) is 21.0 Å². The number of hydrogen-bond acceptors (Lipinski definition) is 4. The Labute approximate surface area is 172 Å². The van der Waals surface area contributed by atoms with Crippen molar-refractivity contribution in [2.75, 3.05) is 14.2 Å². The van der Waals surface area contributed by atoms with Gasteiger partial charge in [0.15, 0.2) is 0 Å². The fourth-order valence-electron chi connectivity index (χ4n) is 3.99. The summed E-state index contributed by atoms with van der Waals surface area (Å²) in [7, 11) is 3.30. The van der Waals surface area contributed by atoms with Crippen LogP contribution < -0.4 is 9.47 Å². The average Bonchev–Trinajstić information content (AvgIpc) is 3.06. The van der Waals surface area contributed by atoms with Crippen molar-refractivity contribution >= 4 is 46.3 Å². The van der Waals surface area contributed by atoms with Gasteiger partial charge in [0.25, 0.3) is 0 Å². The number of allylic oxidation sites excluding steroid dienone is 2. The van der Waals surface area contributed by atoms with Crippen molar-refractivity contribution in [2.24, 2.45) is 5.41 Å². The molecule has 27 heavy (non-hydrogen) atoms. The van der Waals surface area contributed by atoms with Crippen LogP contribution in [0.2, 0.25) is 10.0 Å². The summed E-state index contributed by atoms with van der Waals surface area (Å²) in [4.78, 5) is 14.8. The van der Waals surface area contributed by atoms with E-state index >= 15 is 0 Å². The van der Waals surface area contributed by atoms with E-state index in [2.05, 4.69) is 13.8 Å². The summed E-state index contributed by atoms with van der Waals surface area (Å²) >= 11 is 13.9. The highest BCUT2D eigenvalue weighted by atomic mass is 35.5. The number of carbonyl (C=O) groups excluding carboxylic acids is 1. The molecule has 2 aliphatic rings. The summed E-state index contributed by atoms with van der Waals surface area (Å²) < 4.78 is 11.2. The maximum absolute atomic E-state index is 13.3. The molecule has 0 spiro atoms. The lowest BCUT2D eigenvalue weighted by Crippen LogP contribution is -2.13. The Morgan fingerprint density at radius 2 is 1.70 bits per heavy atom. The van der Waals surface area contributed by atoms with Crippen molar-refractivity contribution in [1.29, 1.82) is 0 Å². The number of Topliss-reactive ketones (excluding diaryl/α,β-unsaturated/α-hetero) is 1. The number of ether oxygens (including phenoxy) is 2. The second-order valence-corrected chi connectivity index (χ2v) is 9.18. The van der Waals surface area contributed by atoms with Gasteiger partial charge in [-0.1, -0.05) is 48.8 Å². The Kier molecular flexibility index (Phi) is 4.49. The predicted octanol–water partition coefficient (Wildman–Crippen LogP) is 6.29. The molecular weight excluding hydrogens is 403 g/mol. The molecule has 1 heterocycles. The maximum atomic E-state index is 13.3. The minimum atomic E-state index is -0.249. The normalized spacial score (nSPS) is 19.9. The van der Waals surface area contributed by atoms with E-state index in [0.717, 1.165) is 39.5 Å². The van der Waals surface area contributed by atoms with Gasteiger partial charge in [0.1, 0.15) is 11.5 Å². The fraction of sp³-hybridized carbons (Fsp3) is 0.286. The van der Waals surface area contributed by atoms with E-state index in [4.69, 9.17) is 32.7 Å². The van der Waals surface area contributed by atoms with E-state index < -0.39 is 0 Å². The molecule has 2 aromatic rings. The van der Waals surface area contributed by atoms with Crippen LogP contribution in [0.25, 0.3) is 5.57 Å². The number of halogens is 2. The van der Waals surface area contributed by atoms with E-state index in [9.17, 15) is 4.79 Å². The van der Waals surface area contributed by atoms with Crippen LogP contribution in [0.5, 0.6) is 11.5 Å². The van der Waals surface area contributed by atoms with Crippen molar-refractivity contribution in [2.45, 2.75) is 25.2 Å². The van der Waals surface area contributed by atoms with E-state index in [1.807, 2.05) is 12.1 Å². The third-order valence-electron chi connectivity index (χ3n) is 5.11. The molecule has 0 saturated carbocycles. The molecule has 3 nitrogen and oxygen atoms in total. The second-order valence-electron chi connectivity index (χ2n) is 7.28. The zero-order valence-electron chi connectivity index (χ0n) is 15.4. The highest BCUT2D eigenvalue weighted by molar-refractivity contribution is 8.05. The third-order valence-corrected chi connectivity index (χ3v) is 6.76. The molecule has 4 rings (SSSR count). The zero-order chi connectivity index (χ0) is 19.5. The van der Waals surface area contributed by atoms with Gasteiger partial charge in [-0.15, -0.1) is 0 Å². The van der Waals surface area contributed by atoms with Crippen molar-refractivity contribution in [3.63, 3.8) is 0 Å². The topological polar surface area (TPSA) is 35.5 Å². The SMILES string of the molecule is COc1ccc(OC)c2c1CC(C)(C)/C2=C1\Sc2cc(Cl)cc(Cl)c2C1=O. The first-order valence-electron chi connectivity index (χ1n) is 8.49.